The molecule has 0 radical (unpaired) electrons. The second kappa shape index (κ2) is 13.4. The number of rotatable bonds is 11. The van der Waals surface area contributed by atoms with Crippen LogP contribution in [0.4, 0.5) is 5.69 Å². The Kier molecular flexibility index (Phi) is 9.94. The molecule has 0 saturated carbocycles. The lowest BCUT2D eigenvalue weighted by atomic mass is 10.2. The number of nitro groups is 1. The summed E-state index contributed by atoms with van der Waals surface area (Å²) in [6, 6.07) is 13.3. The van der Waals surface area contributed by atoms with E-state index in [0.29, 0.717) is 51.1 Å². The van der Waals surface area contributed by atoms with Gasteiger partial charge in [-0.3, -0.25) is 14.9 Å². The first kappa shape index (κ1) is 29.7. The first-order valence-corrected chi connectivity index (χ1v) is 14.5. The summed E-state index contributed by atoms with van der Waals surface area (Å²) < 4.78 is 14.3. The number of halogens is 3. The number of hydrogen-bond acceptors (Lipinski definition) is 7. The van der Waals surface area contributed by atoms with E-state index in [4.69, 9.17) is 26.1 Å². The van der Waals surface area contributed by atoms with Gasteiger partial charge in [-0.25, -0.2) is 4.98 Å². The molecule has 3 aromatic carbocycles. The highest BCUT2D eigenvalue weighted by atomic mass is 79.9. The zero-order valence-electron chi connectivity index (χ0n) is 21.7. The fourth-order valence-electron chi connectivity index (χ4n) is 3.94. The van der Waals surface area contributed by atoms with E-state index in [-0.39, 0.29) is 28.6 Å². The van der Waals surface area contributed by atoms with E-state index in [2.05, 4.69) is 43.9 Å². The first-order chi connectivity index (χ1) is 19.2. The molecule has 0 aliphatic rings. The van der Waals surface area contributed by atoms with Crippen molar-refractivity contribution >= 4 is 66.3 Å². The second-order valence-electron chi connectivity index (χ2n) is 8.72. The number of nitrogens with zero attached hydrogens (tertiary/aromatic N) is 4. The van der Waals surface area contributed by atoms with E-state index in [1.165, 1.54) is 23.0 Å². The van der Waals surface area contributed by atoms with Crippen molar-refractivity contribution < 1.29 is 14.4 Å². The Hall–Kier alpha value is -3.28. The Balaban J connectivity index is 1.72. The molecule has 0 N–H and O–H groups in total. The number of aromatic nitrogens is 2. The average molecular weight is 693 g/mol. The van der Waals surface area contributed by atoms with Crippen LogP contribution in [0.2, 0.25) is 5.02 Å². The maximum Gasteiger partial charge on any atom is 0.282 e. The van der Waals surface area contributed by atoms with Gasteiger partial charge in [0.1, 0.15) is 17.5 Å². The summed E-state index contributed by atoms with van der Waals surface area (Å²) in [5.74, 6) is 1.20. The third-order valence-electron chi connectivity index (χ3n) is 5.90. The van der Waals surface area contributed by atoms with Crippen molar-refractivity contribution in [2.45, 2.75) is 39.7 Å². The molecule has 1 heterocycles. The standard InChI is InChI=1S/C28H25Br2ClN4O5/c1-3-5-9-24-33-22-11-10-19(29)14-21(22)28(36)34(24)32-15-18-13-23(39-4-2)27(26(31)25(18)30)40-16-17-7-6-8-20(12-17)35(37)38/h6-8,10-15H,3-5,9,16H2,1-2H3. The lowest BCUT2D eigenvalue weighted by Gasteiger charge is -2.16. The number of non-ortho nitro benzene ring substituents is 1. The van der Waals surface area contributed by atoms with Crippen LogP contribution >= 0.6 is 43.5 Å². The molecule has 12 heteroatoms. The smallest absolute Gasteiger partial charge is 0.282 e. The molecular formula is C28H25Br2ClN4O5. The Labute approximate surface area is 252 Å². The van der Waals surface area contributed by atoms with E-state index in [9.17, 15) is 14.9 Å². The van der Waals surface area contributed by atoms with Crippen molar-refractivity contribution in [3.05, 3.63) is 99.9 Å². The summed E-state index contributed by atoms with van der Waals surface area (Å²) >= 11 is 13.6. The molecule has 4 aromatic rings. The van der Waals surface area contributed by atoms with Gasteiger partial charge in [0.25, 0.3) is 11.2 Å². The molecule has 0 fully saturated rings. The average Bonchev–Trinajstić information content (AvgIpc) is 2.94. The zero-order chi connectivity index (χ0) is 28.8. The van der Waals surface area contributed by atoms with Crippen LogP contribution in [0.3, 0.4) is 0 Å². The van der Waals surface area contributed by atoms with Crippen LogP contribution in [-0.2, 0) is 13.0 Å². The lowest BCUT2D eigenvalue weighted by molar-refractivity contribution is -0.384. The van der Waals surface area contributed by atoms with Crippen molar-refractivity contribution in [3.8, 4) is 11.5 Å². The topological polar surface area (TPSA) is 109 Å². The van der Waals surface area contributed by atoms with Crippen molar-refractivity contribution in [1.29, 1.82) is 0 Å². The summed E-state index contributed by atoms with van der Waals surface area (Å²) in [7, 11) is 0. The molecule has 0 spiro atoms. The zero-order valence-corrected chi connectivity index (χ0v) is 25.6. The highest BCUT2D eigenvalue weighted by Crippen LogP contribution is 2.42. The molecule has 0 saturated heterocycles. The molecule has 40 heavy (non-hydrogen) atoms. The van der Waals surface area contributed by atoms with Gasteiger partial charge in [0.05, 0.1) is 28.6 Å². The van der Waals surface area contributed by atoms with Crippen LogP contribution in [0.25, 0.3) is 10.9 Å². The van der Waals surface area contributed by atoms with Gasteiger partial charge in [-0.2, -0.15) is 9.78 Å². The lowest BCUT2D eigenvalue weighted by Crippen LogP contribution is -2.22. The minimum Gasteiger partial charge on any atom is -0.490 e. The maximum atomic E-state index is 13.4. The predicted molar refractivity (Wildman–Crippen MR) is 163 cm³/mol. The molecule has 0 amide bonds. The summed E-state index contributed by atoms with van der Waals surface area (Å²) in [5, 5.41) is 16.3. The van der Waals surface area contributed by atoms with E-state index in [1.807, 2.05) is 13.0 Å². The first-order valence-electron chi connectivity index (χ1n) is 12.5. The highest BCUT2D eigenvalue weighted by Gasteiger charge is 2.19. The molecule has 0 aliphatic carbocycles. The minimum atomic E-state index is -0.463. The number of unbranched alkanes of at least 4 members (excludes halogenated alkanes) is 1. The minimum absolute atomic E-state index is 0.0333. The SMILES string of the molecule is CCCCc1nc2ccc(Br)cc2c(=O)n1N=Cc1cc(OCC)c(OCc2cccc([N+](=O)[O-])c2)c(Cl)c1Br. The number of aryl methyl sites for hydroxylation is 1. The molecule has 0 atom stereocenters. The predicted octanol–water partition coefficient (Wildman–Crippen LogP) is 7.69. The number of nitro benzene ring substituents is 1. The Morgan fingerprint density at radius 2 is 1.95 bits per heavy atom. The molecular weight excluding hydrogens is 668 g/mol. The van der Waals surface area contributed by atoms with Crippen molar-refractivity contribution in [2.75, 3.05) is 6.61 Å². The quantitative estimate of drug-likeness (QED) is 0.0907. The van der Waals surface area contributed by atoms with Crippen LogP contribution in [-0.4, -0.2) is 27.4 Å². The maximum absolute atomic E-state index is 13.4. The van der Waals surface area contributed by atoms with Crippen LogP contribution in [0.5, 0.6) is 11.5 Å². The Bertz CT molecular complexity index is 1660. The fourth-order valence-corrected chi connectivity index (χ4v) is 4.96. The van der Waals surface area contributed by atoms with Gasteiger partial charge < -0.3 is 9.47 Å². The number of ether oxygens (including phenoxy) is 2. The van der Waals surface area contributed by atoms with Crippen molar-refractivity contribution in [2.24, 2.45) is 5.10 Å². The van der Waals surface area contributed by atoms with E-state index < -0.39 is 4.92 Å². The van der Waals surface area contributed by atoms with Gasteiger partial charge >= 0.3 is 0 Å². The largest absolute Gasteiger partial charge is 0.490 e. The summed E-state index contributed by atoms with van der Waals surface area (Å²) in [5.41, 5.74) is 1.45. The second-order valence-corrected chi connectivity index (χ2v) is 10.8. The monoisotopic (exact) mass is 690 g/mol. The van der Waals surface area contributed by atoms with Crippen molar-refractivity contribution in [1.82, 2.24) is 9.66 Å². The summed E-state index contributed by atoms with van der Waals surface area (Å²) in [6.45, 7) is 4.27. The van der Waals surface area contributed by atoms with Gasteiger partial charge in [0.2, 0.25) is 0 Å². The van der Waals surface area contributed by atoms with Crippen LogP contribution in [0.15, 0.2) is 67.4 Å². The van der Waals surface area contributed by atoms with E-state index in [1.54, 1.807) is 30.3 Å². The van der Waals surface area contributed by atoms with Gasteiger partial charge in [-0.05, 0) is 59.1 Å². The van der Waals surface area contributed by atoms with Crippen molar-refractivity contribution in [3.63, 3.8) is 0 Å². The molecule has 208 valence electrons. The molecule has 0 aliphatic heterocycles. The molecule has 9 nitrogen and oxygen atoms in total. The molecule has 0 bridgehead atoms. The molecule has 4 rings (SSSR count). The van der Waals surface area contributed by atoms with E-state index >= 15 is 0 Å². The number of fused-ring (bicyclic) bond motifs is 1. The fraction of sp³-hybridized carbons (Fsp3) is 0.250. The van der Waals surface area contributed by atoms with Gasteiger partial charge in [-0.15, -0.1) is 0 Å². The van der Waals surface area contributed by atoms with Crippen LogP contribution in [0, 0.1) is 10.1 Å². The van der Waals surface area contributed by atoms with Crippen LogP contribution < -0.4 is 15.0 Å². The number of hydrogen-bond donors (Lipinski definition) is 0. The summed E-state index contributed by atoms with van der Waals surface area (Å²) in [6.07, 6.45) is 3.90. The van der Waals surface area contributed by atoms with Gasteiger partial charge in [0, 0.05) is 33.1 Å². The summed E-state index contributed by atoms with van der Waals surface area (Å²) in [4.78, 5) is 28.8. The van der Waals surface area contributed by atoms with E-state index in [0.717, 1.165) is 17.3 Å². The third-order valence-corrected chi connectivity index (χ3v) is 7.84. The van der Waals surface area contributed by atoms with Gasteiger partial charge in [0.15, 0.2) is 11.5 Å². The third kappa shape index (κ3) is 6.71. The Morgan fingerprint density at radius 3 is 2.67 bits per heavy atom. The van der Waals surface area contributed by atoms with Gasteiger partial charge in [-0.1, -0.05) is 53.0 Å². The molecule has 0 unspecified atom stereocenters. The highest BCUT2D eigenvalue weighted by molar-refractivity contribution is 9.10. The molecule has 1 aromatic heterocycles. The Morgan fingerprint density at radius 1 is 1.15 bits per heavy atom. The normalized spacial score (nSPS) is 11.3. The number of benzene rings is 3. The van der Waals surface area contributed by atoms with Crippen LogP contribution in [0.1, 0.15) is 43.6 Å².